The molecule has 0 aliphatic carbocycles. The van der Waals surface area contributed by atoms with E-state index in [2.05, 4.69) is 24.5 Å². The first-order valence-corrected chi connectivity index (χ1v) is 6.83. The normalized spacial score (nSPS) is 21.0. The molecule has 1 aliphatic rings. The van der Waals surface area contributed by atoms with Gasteiger partial charge in [-0.1, -0.05) is 19.8 Å². The molecule has 1 unspecified atom stereocenters. The smallest absolute Gasteiger partial charge is 0.00158 e. The van der Waals surface area contributed by atoms with Crippen molar-refractivity contribution < 1.29 is 0 Å². The van der Waals surface area contributed by atoms with Gasteiger partial charge in [0.15, 0.2) is 0 Å². The second-order valence-electron chi connectivity index (χ2n) is 4.53. The van der Waals surface area contributed by atoms with Crippen molar-refractivity contribution in [2.75, 3.05) is 25.4 Å². The lowest BCUT2D eigenvalue weighted by Gasteiger charge is -2.27. The molecule has 1 heterocycles. The summed E-state index contributed by atoms with van der Waals surface area (Å²) in [5, 5.41) is 0. The van der Waals surface area contributed by atoms with Crippen LogP contribution in [-0.4, -0.2) is 30.3 Å². The molecule has 1 fully saturated rings. The van der Waals surface area contributed by atoms with Gasteiger partial charge < -0.3 is 4.90 Å². The molecular weight excluding hydrogens is 190 g/mol. The molecule has 0 amide bonds. The Morgan fingerprint density at radius 2 is 1.86 bits per heavy atom. The summed E-state index contributed by atoms with van der Waals surface area (Å²) < 4.78 is 0. The van der Waals surface area contributed by atoms with E-state index < -0.39 is 0 Å². The summed E-state index contributed by atoms with van der Waals surface area (Å²) in [5.74, 6) is 1.92. The number of thiol groups is 1. The number of rotatable bonds is 6. The second kappa shape index (κ2) is 7.58. The minimum Gasteiger partial charge on any atom is -0.303 e. The minimum atomic E-state index is 0.852. The molecule has 1 saturated heterocycles. The third kappa shape index (κ3) is 4.70. The Bertz CT molecular complexity index is 128. The van der Waals surface area contributed by atoms with Gasteiger partial charge in [0.1, 0.15) is 0 Å². The van der Waals surface area contributed by atoms with Gasteiger partial charge in [-0.25, -0.2) is 0 Å². The van der Waals surface area contributed by atoms with Crippen molar-refractivity contribution in [3.05, 3.63) is 0 Å². The highest BCUT2D eigenvalue weighted by atomic mass is 32.1. The molecular formula is C12H25NS. The van der Waals surface area contributed by atoms with Gasteiger partial charge in [-0.3, -0.25) is 0 Å². The van der Waals surface area contributed by atoms with E-state index in [0.29, 0.717) is 0 Å². The van der Waals surface area contributed by atoms with Crippen molar-refractivity contribution in [2.24, 2.45) is 5.92 Å². The highest BCUT2D eigenvalue weighted by Gasteiger charge is 2.12. The van der Waals surface area contributed by atoms with Crippen LogP contribution in [-0.2, 0) is 0 Å². The Labute approximate surface area is 94.7 Å². The van der Waals surface area contributed by atoms with Crippen LogP contribution >= 0.6 is 12.6 Å². The minimum absolute atomic E-state index is 0.852. The van der Waals surface area contributed by atoms with Gasteiger partial charge in [0.05, 0.1) is 0 Å². The lowest BCUT2D eigenvalue weighted by molar-refractivity contribution is 0.214. The average Bonchev–Trinajstić information content (AvgIpc) is 2.25. The zero-order valence-corrected chi connectivity index (χ0v) is 10.4. The van der Waals surface area contributed by atoms with Crippen LogP contribution in [0.3, 0.4) is 0 Å². The molecule has 14 heavy (non-hydrogen) atoms. The zero-order chi connectivity index (χ0) is 10.2. The molecule has 0 aromatic carbocycles. The van der Waals surface area contributed by atoms with Crippen molar-refractivity contribution in [3.8, 4) is 0 Å². The molecule has 0 saturated carbocycles. The van der Waals surface area contributed by atoms with Crippen LogP contribution in [0.5, 0.6) is 0 Å². The highest BCUT2D eigenvalue weighted by molar-refractivity contribution is 7.80. The monoisotopic (exact) mass is 215 g/mol. The fraction of sp³-hybridized carbons (Fsp3) is 1.00. The molecule has 1 atom stereocenters. The summed E-state index contributed by atoms with van der Waals surface area (Å²) >= 11 is 4.43. The molecule has 0 aromatic heterocycles. The van der Waals surface area contributed by atoms with Crippen LogP contribution in [0.2, 0.25) is 0 Å². The van der Waals surface area contributed by atoms with Gasteiger partial charge >= 0.3 is 0 Å². The molecule has 2 heteroatoms. The third-order valence-electron chi connectivity index (χ3n) is 3.26. The van der Waals surface area contributed by atoms with E-state index in [4.69, 9.17) is 0 Å². The first-order chi connectivity index (χ1) is 6.86. The number of piperidine rings is 1. The predicted molar refractivity (Wildman–Crippen MR) is 67.2 cm³/mol. The van der Waals surface area contributed by atoms with Crippen LogP contribution in [0.1, 0.15) is 45.4 Å². The number of likely N-dealkylation sites (tertiary alicyclic amines) is 1. The highest BCUT2D eigenvalue weighted by Crippen LogP contribution is 2.15. The summed E-state index contributed by atoms with van der Waals surface area (Å²) in [6.45, 7) is 6.26. The maximum Gasteiger partial charge on any atom is -0.00158 e. The van der Waals surface area contributed by atoms with Crippen molar-refractivity contribution in [1.82, 2.24) is 4.90 Å². The summed E-state index contributed by atoms with van der Waals surface area (Å²) in [6, 6.07) is 0. The predicted octanol–water partition coefficient (Wildman–Crippen LogP) is 3.21. The number of hydrogen-bond donors (Lipinski definition) is 1. The van der Waals surface area contributed by atoms with Gasteiger partial charge in [0, 0.05) is 0 Å². The Kier molecular flexibility index (Phi) is 6.70. The van der Waals surface area contributed by atoms with Crippen LogP contribution in [0.25, 0.3) is 0 Å². The molecule has 84 valence electrons. The molecule has 1 nitrogen and oxygen atoms in total. The van der Waals surface area contributed by atoms with Gasteiger partial charge in [-0.05, 0) is 57.0 Å². The SMILES string of the molecule is CCCC(CS)CCN1CCCCC1. The standard InChI is InChI=1S/C12H25NS/c1-2-6-12(11-14)7-10-13-8-4-3-5-9-13/h12,14H,2-11H2,1H3. The van der Waals surface area contributed by atoms with Gasteiger partial charge in [-0.15, -0.1) is 0 Å². The first-order valence-electron chi connectivity index (χ1n) is 6.20. The number of hydrogen-bond acceptors (Lipinski definition) is 2. The van der Waals surface area contributed by atoms with Crippen molar-refractivity contribution in [1.29, 1.82) is 0 Å². The largest absolute Gasteiger partial charge is 0.303 e. The third-order valence-corrected chi connectivity index (χ3v) is 3.77. The van der Waals surface area contributed by atoms with Gasteiger partial charge in [0.2, 0.25) is 0 Å². The average molecular weight is 215 g/mol. The molecule has 0 aromatic rings. The molecule has 1 rings (SSSR count). The molecule has 0 radical (unpaired) electrons. The van der Waals surface area contributed by atoms with E-state index in [1.54, 1.807) is 0 Å². The van der Waals surface area contributed by atoms with Crippen LogP contribution in [0.4, 0.5) is 0 Å². The quantitative estimate of drug-likeness (QED) is 0.666. The van der Waals surface area contributed by atoms with E-state index in [-0.39, 0.29) is 0 Å². The topological polar surface area (TPSA) is 3.24 Å². The summed E-state index contributed by atoms with van der Waals surface area (Å²) in [4.78, 5) is 2.63. The molecule has 1 aliphatic heterocycles. The van der Waals surface area contributed by atoms with Crippen molar-refractivity contribution in [2.45, 2.75) is 45.4 Å². The lowest BCUT2D eigenvalue weighted by Crippen LogP contribution is -2.31. The zero-order valence-electron chi connectivity index (χ0n) is 9.54. The Morgan fingerprint density at radius 1 is 1.14 bits per heavy atom. The van der Waals surface area contributed by atoms with E-state index in [1.807, 2.05) is 0 Å². The summed E-state index contributed by atoms with van der Waals surface area (Å²) in [7, 11) is 0. The fourth-order valence-electron chi connectivity index (χ4n) is 2.28. The van der Waals surface area contributed by atoms with Crippen LogP contribution in [0, 0.1) is 5.92 Å². The Hall–Kier alpha value is 0.310. The van der Waals surface area contributed by atoms with E-state index in [9.17, 15) is 0 Å². The fourth-order valence-corrected chi connectivity index (χ4v) is 2.65. The van der Waals surface area contributed by atoms with Crippen LogP contribution in [0.15, 0.2) is 0 Å². The summed E-state index contributed by atoms with van der Waals surface area (Å²) in [6.07, 6.45) is 8.31. The lowest BCUT2D eigenvalue weighted by atomic mass is 10.0. The number of nitrogens with zero attached hydrogens (tertiary/aromatic N) is 1. The molecule has 0 bridgehead atoms. The van der Waals surface area contributed by atoms with Crippen molar-refractivity contribution in [3.63, 3.8) is 0 Å². The Balaban J connectivity index is 2.10. The maximum absolute atomic E-state index is 4.43. The van der Waals surface area contributed by atoms with E-state index in [1.165, 1.54) is 58.2 Å². The van der Waals surface area contributed by atoms with Gasteiger partial charge in [0.25, 0.3) is 0 Å². The second-order valence-corrected chi connectivity index (χ2v) is 4.89. The summed E-state index contributed by atoms with van der Waals surface area (Å²) in [5.41, 5.74) is 0. The van der Waals surface area contributed by atoms with E-state index >= 15 is 0 Å². The van der Waals surface area contributed by atoms with Crippen molar-refractivity contribution >= 4 is 12.6 Å². The molecule has 0 N–H and O–H groups in total. The molecule has 0 spiro atoms. The van der Waals surface area contributed by atoms with Gasteiger partial charge in [-0.2, -0.15) is 12.6 Å². The maximum atomic E-state index is 4.43. The van der Waals surface area contributed by atoms with Crippen LogP contribution < -0.4 is 0 Å². The first kappa shape index (κ1) is 12.4. The Morgan fingerprint density at radius 3 is 2.43 bits per heavy atom. The van der Waals surface area contributed by atoms with E-state index in [0.717, 1.165) is 11.7 Å².